The van der Waals surface area contributed by atoms with Crippen molar-refractivity contribution in [1.29, 1.82) is 0 Å². The minimum atomic E-state index is -0.437. The Bertz CT molecular complexity index is 1580. The second-order valence-electron chi connectivity index (χ2n) is 9.48. The van der Waals surface area contributed by atoms with E-state index in [2.05, 4.69) is 52.9 Å². The summed E-state index contributed by atoms with van der Waals surface area (Å²) in [4.78, 5) is 18.3. The monoisotopic (exact) mass is 723 g/mol. The summed E-state index contributed by atoms with van der Waals surface area (Å²) in [5, 5.41) is 5.38. The van der Waals surface area contributed by atoms with Crippen molar-refractivity contribution in [3.8, 4) is 11.5 Å². The van der Waals surface area contributed by atoms with Crippen molar-refractivity contribution >= 4 is 76.5 Å². The predicted molar refractivity (Wildman–Crippen MR) is 164 cm³/mol. The summed E-state index contributed by atoms with van der Waals surface area (Å²) in [5.74, 6) is 1.43. The summed E-state index contributed by atoms with van der Waals surface area (Å²) in [6.45, 7) is 8.58. The SMILES string of the molecule is CCOc1cc(C=Nn2c(C(C)(C)C)nc3ccc(Br)cc3c2=O)c(Br)c(Cl)c1OCc1ccc(Br)cc1. The molecule has 0 N–H and O–H groups in total. The largest absolute Gasteiger partial charge is 0.490 e. The van der Waals surface area contributed by atoms with E-state index < -0.39 is 5.41 Å². The molecule has 0 amide bonds. The van der Waals surface area contributed by atoms with Crippen molar-refractivity contribution in [1.82, 2.24) is 9.66 Å². The second-order valence-corrected chi connectivity index (χ2v) is 12.5. The molecule has 0 radical (unpaired) electrons. The van der Waals surface area contributed by atoms with E-state index in [9.17, 15) is 4.79 Å². The van der Waals surface area contributed by atoms with E-state index in [1.807, 2.05) is 64.1 Å². The first-order chi connectivity index (χ1) is 18.0. The van der Waals surface area contributed by atoms with E-state index in [1.54, 1.807) is 18.3 Å². The molecule has 0 atom stereocenters. The zero-order chi connectivity index (χ0) is 27.6. The van der Waals surface area contributed by atoms with Gasteiger partial charge in [0.1, 0.15) is 17.5 Å². The van der Waals surface area contributed by atoms with Crippen LogP contribution in [0.1, 0.15) is 44.6 Å². The number of aromatic nitrogens is 2. The number of ether oxygens (including phenoxy) is 2. The van der Waals surface area contributed by atoms with Gasteiger partial charge in [-0.25, -0.2) is 4.98 Å². The molecule has 198 valence electrons. The molecule has 0 bridgehead atoms. The Morgan fingerprint density at radius 1 is 1.03 bits per heavy atom. The number of halogens is 4. The van der Waals surface area contributed by atoms with Gasteiger partial charge in [0.15, 0.2) is 11.5 Å². The molecule has 0 aliphatic carbocycles. The van der Waals surface area contributed by atoms with E-state index in [-0.39, 0.29) is 5.56 Å². The van der Waals surface area contributed by atoms with Crippen molar-refractivity contribution in [2.24, 2.45) is 5.10 Å². The van der Waals surface area contributed by atoms with Crippen LogP contribution in [0.3, 0.4) is 0 Å². The topological polar surface area (TPSA) is 65.7 Å². The summed E-state index contributed by atoms with van der Waals surface area (Å²) in [5.41, 5.74) is 1.52. The molecule has 0 aliphatic heterocycles. The highest BCUT2D eigenvalue weighted by molar-refractivity contribution is 9.11. The van der Waals surface area contributed by atoms with E-state index >= 15 is 0 Å². The zero-order valence-electron chi connectivity index (χ0n) is 21.2. The molecule has 1 heterocycles. The van der Waals surface area contributed by atoms with Crippen LogP contribution in [0.15, 0.2) is 71.8 Å². The van der Waals surface area contributed by atoms with Crippen LogP contribution in [0, 0.1) is 0 Å². The maximum absolute atomic E-state index is 13.5. The molecule has 3 aromatic carbocycles. The lowest BCUT2D eigenvalue weighted by Crippen LogP contribution is -2.29. The van der Waals surface area contributed by atoms with E-state index in [0.29, 0.717) is 56.5 Å². The van der Waals surface area contributed by atoms with Crippen LogP contribution in [-0.2, 0) is 12.0 Å². The van der Waals surface area contributed by atoms with Gasteiger partial charge in [-0.1, -0.05) is 76.4 Å². The summed E-state index contributed by atoms with van der Waals surface area (Å²) < 4.78 is 15.6. The average Bonchev–Trinajstić information content (AvgIpc) is 2.86. The lowest BCUT2D eigenvalue weighted by atomic mass is 9.95. The molecule has 1 aromatic heterocycles. The summed E-state index contributed by atoms with van der Waals surface area (Å²) >= 11 is 17.2. The van der Waals surface area contributed by atoms with Gasteiger partial charge in [-0.3, -0.25) is 4.79 Å². The molecule has 0 spiro atoms. The van der Waals surface area contributed by atoms with Crippen molar-refractivity contribution in [3.05, 3.63) is 94.3 Å². The standard InChI is InChI=1S/C28H25Br3ClN3O3/c1-5-37-22-12-17(23(31)24(32)25(22)38-15-16-6-8-18(29)9-7-16)14-33-35-26(36)20-13-19(30)10-11-21(20)34-27(35)28(2,3)4/h6-14H,5,15H2,1-4H3. The summed E-state index contributed by atoms with van der Waals surface area (Å²) in [6.07, 6.45) is 1.57. The van der Waals surface area contributed by atoms with Gasteiger partial charge in [-0.15, -0.1) is 0 Å². The van der Waals surface area contributed by atoms with Gasteiger partial charge in [-0.05, 0) is 64.8 Å². The minimum Gasteiger partial charge on any atom is -0.490 e. The fourth-order valence-corrected chi connectivity index (χ4v) is 4.97. The Hall–Kier alpha value is -2.20. The number of nitrogens with zero attached hydrogens (tertiary/aromatic N) is 3. The minimum absolute atomic E-state index is 0.265. The molecule has 4 rings (SSSR count). The first-order valence-corrected chi connectivity index (χ1v) is 14.5. The second kappa shape index (κ2) is 11.9. The summed E-state index contributed by atoms with van der Waals surface area (Å²) in [7, 11) is 0. The smallest absolute Gasteiger partial charge is 0.282 e. The average molecular weight is 727 g/mol. The van der Waals surface area contributed by atoms with Crippen LogP contribution in [0.4, 0.5) is 0 Å². The quantitative estimate of drug-likeness (QED) is 0.179. The molecule has 0 saturated heterocycles. The van der Waals surface area contributed by atoms with Crippen LogP contribution in [0.2, 0.25) is 5.02 Å². The van der Waals surface area contributed by atoms with Crippen molar-refractivity contribution in [2.45, 2.75) is 39.7 Å². The molecular weight excluding hydrogens is 701 g/mol. The van der Waals surface area contributed by atoms with Crippen LogP contribution in [-0.4, -0.2) is 22.5 Å². The first-order valence-electron chi connectivity index (χ1n) is 11.8. The number of hydrogen-bond acceptors (Lipinski definition) is 5. The Labute approximate surface area is 251 Å². The lowest BCUT2D eigenvalue weighted by Gasteiger charge is -2.21. The highest BCUT2D eigenvalue weighted by Crippen LogP contribution is 2.42. The highest BCUT2D eigenvalue weighted by atomic mass is 79.9. The molecule has 0 unspecified atom stereocenters. The predicted octanol–water partition coefficient (Wildman–Crippen LogP) is 8.49. The van der Waals surface area contributed by atoms with Crippen LogP contribution < -0.4 is 15.0 Å². The molecule has 6 nitrogen and oxygen atoms in total. The maximum atomic E-state index is 13.5. The number of rotatable bonds is 7. The third-order valence-corrected chi connectivity index (χ3v) is 8.01. The third-order valence-electron chi connectivity index (χ3n) is 5.54. The summed E-state index contributed by atoms with van der Waals surface area (Å²) in [6, 6.07) is 15.1. The molecule has 0 saturated carbocycles. The van der Waals surface area contributed by atoms with E-state index in [4.69, 9.17) is 26.1 Å². The van der Waals surface area contributed by atoms with Crippen molar-refractivity contribution in [2.75, 3.05) is 6.61 Å². The normalized spacial score (nSPS) is 11.9. The van der Waals surface area contributed by atoms with Gasteiger partial charge in [0, 0.05) is 24.4 Å². The van der Waals surface area contributed by atoms with Crippen LogP contribution >= 0.6 is 59.4 Å². The molecule has 0 fully saturated rings. The Kier molecular flexibility index (Phi) is 9.02. The Balaban J connectivity index is 1.77. The Morgan fingerprint density at radius 2 is 1.71 bits per heavy atom. The van der Waals surface area contributed by atoms with Gasteiger partial charge in [0.2, 0.25) is 0 Å². The molecular formula is C28H25Br3ClN3O3. The van der Waals surface area contributed by atoms with Crippen LogP contribution in [0.25, 0.3) is 10.9 Å². The first kappa shape index (κ1) is 28.8. The fourth-order valence-electron chi connectivity index (χ4n) is 3.69. The Morgan fingerprint density at radius 3 is 2.37 bits per heavy atom. The highest BCUT2D eigenvalue weighted by Gasteiger charge is 2.23. The third kappa shape index (κ3) is 6.33. The van der Waals surface area contributed by atoms with Crippen molar-refractivity contribution < 1.29 is 9.47 Å². The van der Waals surface area contributed by atoms with Crippen LogP contribution in [0.5, 0.6) is 11.5 Å². The zero-order valence-corrected chi connectivity index (χ0v) is 26.7. The maximum Gasteiger partial charge on any atom is 0.282 e. The molecule has 38 heavy (non-hydrogen) atoms. The van der Waals surface area contributed by atoms with Gasteiger partial charge >= 0.3 is 0 Å². The fraction of sp³-hybridized carbons (Fsp3) is 0.250. The number of benzene rings is 3. The van der Waals surface area contributed by atoms with Gasteiger partial charge in [-0.2, -0.15) is 9.78 Å². The molecule has 4 aromatic rings. The van der Waals surface area contributed by atoms with Crippen molar-refractivity contribution in [3.63, 3.8) is 0 Å². The van der Waals surface area contributed by atoms with Gasteiger partial charge in [0.05, 0.1) is 23.7 Å². The molecule has 10 heteroatoms. The van der Waals surface area contributed by atoms with E-state index in [0.717, 1.165) is 14.5 Å². The number of hydrogen-bond donors (Lipinski definition) is 0. The lowest BCUT2D eigenvalue weighted by molar-refractivity contribution is 0.269. The molecule has 0 aliphatic rings. The van der Waals surface area contributed by atoms with E-state index in [1.165, 1.54) is 4.68 Å². The van der Waals surface area contributed by atoms with Gasteiger partial charge in [0.25, 0.3) is 5.56 Å². The number of fused-ring (bicyclic) bond motifs is 1. The van der Waals surface area contributed by atoms with Gasteiger partial charge < -0.3 is 9.47 Å².